The Morgan fingerprint density at radius 1 is 0.894 bits per heavy atom. The van der Waals surface area contributed by atoms with Crippen molar-refractivity contribution in [1.29, 1.82) is 0 Å². The molecule has 47 heavy (non-hydrogen) atoms. The van der Waals surface area contributed by atoms with Gasteiger partial charge in [-0.2, -0.15) is 0 Å². The maximum absolute atomic E-state index is 11.5. The molecule has 2 aromatic carbocycles. The van der Waals surface area contributed by atoms with E-state index < -0.39 is 11.4 Å². The van der Waals surface area contributed by atoms with Crippen molar-refractivity contribution < 1.29 is 19.4 Å². The number of nitrogens with one attached hydrogen (secondary N) is 1. The molecule has 0 spiro atoms. The number of carbonyl (C=O) groups excluding carboxylic acids is 1. The van der Waals surface area contributed by atoms with E-state index in [0.29, 0.717) is 33.4 Å². The molecule has 2 N–H and O–H groups in total. The van der Waals surface area contributed by atoms with Gasteiger partial charge in [0.1, 0.15) is 5.75 Å². The van der Waals surface area contributed by atoms with Crippen LogP contribution in [0.3, 0.4) is 0 Å². The summed E-state index contributed by atoms with van der Waals surface area (Å²) in [5, 5.41) is 13.6. The number of nitrogens with zero attached hydrogens (tertiary/aromatic N) is 5. The predicted octanol–water partition coefficient (Wildman–Crippen LogP) is 5.97. The van der Waals surface area contributed by atoms with Crippen LogP contribution in [0.4, 0.5) is 5.95 Å². The van der Waals surface area contributed by atoms with Gasteiger partial charge in [0.2, 0.25) is 11.9 Å². The van der Waals surface area contributed by atoms with E-state index in [2.05, 4.69) is 42.1 Å². The predicted molar refractivity (Wildman–Crippen MR) is 183 cm³/mol. The van der Waals surface area contributed by atoms with Crippen LogP contribution in [0, 0.1) is 11.3 Å². The number of carbonyl (C=O) groups is 2. The third-order valence-electron chi connectivity index (χ3n) is 9.63. The fourth-order valence-corrected chi connectivity index (χ4v) is 7.05. The van der Waals surface area contributed by atoms with Crippen molar-refractivity contribution in [2.45, 2.75) is 45.6 Å². The summed E-state index contributed by atoms with van der Waals surface area (Å²) in [6, 6.07) is 11.7. The Bertz CT molecular complexity index is 1550. The van der Waals surface area contributed by atoms with Crippen molar-refractivity contribution in [1.82, 2.24) is 25.1 Å². The number of aromatic nitrogens is 2. The SMILES string of the molecule is CC(=O)NCC1CCN(Cc2cc(Oc3cnc(N4CCN(CCC5(C(=O)O)CC5)CC4)nc3)cc(-c3cc(Cl)cc(Cl)c3)c2)CC1. The summed E-state index contributed by atoms with van der Waals surface area (Å²) in [6.45, 7) is 9.09. The molecule has 0 atom stereocenters. The Balaban J connectivity index is 1.10. The van der Waals surface area contributed by atoms with Gasteiger partial charge in [0.25, 0.3) is 0 Å². The van der Waals surface area contributed by atoms with Crippen molar-refractivity contribution in [2.75, 3.05) is 57.3 Å². The lowest BCUT2D eigenvalue weighted by Gasteiger charge is -2.35. The molecular formula is C35H42Cl2N6O4. The number of likely N-dealkylation sites (tertiary alicyclic amines) is 1. The van der Waals surface area contributed by atoms with Gasteiger partial charge in [0, 0.05) is 56.2 Å². The number of benzene rings is 2. The van der Waals surface area contributed by atoms with Crippen molar-refractivity contribution in [2.24, 2.45) is 11.3 Å². The van der Waals surface area contributed by atoms with Gasteiger partial charge in [-0.3, -0.25) is 19.4 Å². The van der Waals surface area contributed by atoms with Gasteiger partial charge in [-0.1, -0.05) is 23.2 Å². The Kier molecular flexibility index (Phi) is 10.5. The average Bonchev–Trinajstić information content (AvgIpc) is 3.85. The molecule has 0 unspecified atom stereocenters. The molecule has 1 aliphatic carbocycles. The minimum Gasteiger partial charge on any atom is -0.481 e. The molecular weight excluding hydrogens is 639 g/mol. The first-order valence-corrected chi connectivity index (χ1v) is 17.2. The molecule has 3 aliphatic rings. The molecule has 1 saturated carbocycles. The molecule has 250 valence electrons. The molecule has 0 bridgehead atoms. The smallest absolute Gasteiger partial charge is 0.309 e. The summed E-state index contributed by atoms with van der Waals surface area (Å²) >= 11 is 12.7. The second-order valence-electron chi connectivity index (χ2n) is 13.2. The summed E-state index contributed by atoms with van der Waals surface area (Å²) in [4.78, 5) is 39.0. The number of hydrogen-bond donors (Lipinski definition) is 2. The van der Waals surface area contributed by atoms with Crippen molar-refractivity contribution in [3.63, 3.8) is 0 Å². The Hall–Kier alpha value is -3.44. The maximum atomic E-state index is 11.5. The number of amides is 1. The first kappa shape index (κ1) is 33.5. The molecule has 2 aliphatic heterocycles. The number of anilines is 1. The Morgan fingerprint density at radius 3 is 2.17 bits per heavy atom. The van der Waals surface area contributed by atoms with Crippen LogP contribution in [0.5, 0.6) is 11.5 Å². The van der Waals surface area contributed by atoms with E-state index in [1.807, 2.05) is 18.2 Å². The van der Waals surface area contributed by atoms with Gasteiger partial charge >= 0.3 is 5.97 Å². The van der Waals surface area contributed by atoms with Crippen LogP contribution in [-0.4, -0.2) is 89.1 Å². The van der Waals surface area contributed by atoms with Crippen molar-refractivity contribution >= 4 is 41.0 Å². The standard InChI is InChI=1S/C35H42Cl2N6O4/c1-24(44)38-20-25-2-7-42(8-3-25)23-26-14-27(28-16-29(36)19-30(37)17-28)18-31(15-26)47-32-21-39-34(40-22-32)43-12-10-41(11-13-43)9-6-35(4-5-35)33(45)46/h14-19,21-22,25H,2-13,20,23H2,1H3,(H,38,44)(H,45,46). The molecule has 0 radical (unpaired) electrons. The number of carboxylic acids is 1. The van der Waals surface area contributed by atoms with Crippen molar-refractivity contribution in [3.05, 3.63) is 64.4 Å². The first-order valence-electron chi connectivity index (χ1n) is 16.4. The van der Waals surface area contributed by atoms with E-state index in [1.54, 1.807) is 25.4 Å². The molecule has 3 heterocycles. The van der Waals surface area contributed by atoms with E-state index in [4.69, 9.17) is 27.9 Å². The average molecular weight is 682 g/mol. The van der Waals surface area contributed by atoms with E-state index in [0.717, 1.165) is 108 Å². The largest absolute Gasteiger partial charge is 0.481 e. The minimum atomic E-state index is -0.653. The summed E-state index contributed by atoms with van der Waals surface area (Å²) in [5.41, 5.74) is 2.49. The van der Waals surface area contributed by atoms with Gasteiger partial charge in [-0.05, 0) is 111 Å². The zero-order chi connectivity index (χ0) is 33.0. The fourth-order valence-electron chi connectivity index (χ4n) is 6.52. The summed E-state index contributed by atoms with van der Waals surface area (Å²) in [7, 11) is 0. The quantitative estimate of drug-likeness (QED) is 0.239. The number of carboxylic acid groups (broad SMARTS) is 1. The maximum Gasteiger partial charge on any atom is 0.309 e. The van der Waals surface area contributed by atoms with E-state index >= 15 is 0 Å². The lowest BCUT2D eigenvalue weighted by atomic mass is 9.96. The lowest BCUT2D eigenvalue weighted by molar-refractivity contribution is -0.143. The Morgan fingerprint density at radius 2 is 1.55 bits per heavy atom. The van der Waals surface area contributed by atoms with Crippen LogP contribution >= 0.6 is 23.2 Å². The second kappa shape index (κ2) is 14.8. The summed E-state index contributed by atoms with van der Waals surface area (Å²) in [5.74, 6) is 1.75. The highest BCUT2D eigenvalue weighted by Crippen LogP contribution is 2.49. The monoisotopic (exact) mass is 680 g/mol. The molecule has 10 nitrogen and oxygen atoms in total. The van der Waals surface area contributed by atoms with Crippen LogP contribution in [-0.2, 0) is 16.1 Å². The van der Waals surface area contributed by atoms with Crippen LogP contribution in [0.15, 0.2) is 48.8 Å². The van der Waals surface area contributed by atoms with Gasteiger partial charge < -0.3 is 20.1 Å². The second-order valence-corrected chi connectivity index (χ2v) is 14.0. The molecule has 3 aromatic rings. The molecule has 1 amide bonds. The Labute approximate surface area is 286 Å². The lowest BCUT2D eigenvalue weighted by Crippen LogP contribution is -2.47. The topological polar surface area (TPSA) is 111 Å². The molecule has 2 saturated heterocycles. The molecule has 3 fully saturated rings. The van der Waals surface area contributed by atoms with Gasteiger partial charge in [-0.25, -0.2) is 9.97 Å². The number of hydrogen-bond acceptors (Lipinski definition) is 8. The van der Waals surface area contributed by atoms with Crippen LogP contribution in [0.25, 0.3) is 11.1 Å². The first-order chi connectivity index (χ1) is 22.6. The number of aliphatic carboxylic acids is 1. The number of ether oxygens (including phenoxy) is 1. The number of piperidine rings is 1. The zero-order valence-corrected chi connectivity index (χ0v) is 28.3. The normalized spacial score (nSPS) is 18.6. The molecule has 12 heteroatoms. The molecule has 1 aromatic heterocycles. The minimum absolute atomic E-state index is 0.0219. The number of halogens is 2. The van der Waals surface area contributed by atoms with Crippen molar-refractivity contribution in [3.8, 4) is 22.6 Å². The highest BCUT2D eigenvalue weighted by Gasteiger charge is 2.49. The van der Waals surface area contributed by atoms with Gasteiger partial charge in [0.05, 0.1) is 17.8 Å². The highest BCUT2D eigenvalue weighted by atomic mass is 35.5. The third kappa shape index (κ3) is 8.93. The molecule has 6 rings (SSSR count). The summed E-state index contributed by atoms with van der Waals surface area (Å²) in [6.07, 6.45) is 7.81. The zero-order valence-electron chi connectivity index (χ0n) is 26.8. The van der Waals surface area contributed by atoms with Gasteiger partial charge in [0.15, 0.2) is 5.75 Å². The van der Waals surface area contributed by atoms with Gasteiger partial charge in [-0.15, -0.1) is 0 Å². The number of rotatable bonds is 12. The fraction of sp³-hybridized carbons (Fsp3) is 0.486. The van der Waals surface area contributed by atoms with E-state index in [1.165, 1.54) is 0 Å². The number of piperazine rings is 1. The highest BCUT2D eigenvalue weighted by molar-refractivity contribution is 6.35. The summed E-state index contributed by atoms with van der Waals surface area (Å²) < 4.78 is 6.33. The van der Waals surface area contributed by atoms with Crippen LogP contribution in [0.1, 0.15) is 44.6 Å². The van der Waals surface area contributed by atoms with Crippen LogP contribution in [0.2, 0.25) is 10.0 Å². The van der Waals surface area contributed by atoms with Crippen LogP contribution < -0.4 is 15.0 Å². The third-order valence-corrected chi connectivity index (χ3v) is 10.1. The van der Waals surface area contributed by atoms with E-state index in [9.17, 15) is 14.7 Å². The van der Waals surface area contributed by atoms with E-state index in [-0.39, 0.29) is 5.91 Å².